The summed E-state index contributed by atoms with van der Waals surface area (Å²) in [4.78, 5) is 12.2. The Kier molecular flexibility index (Phi) is 3.46. The van der Waals surface area contributed by atoms with E-state index in [1.54, 1.807) is 18.2 Å². The first kappa shape index (κ1) is 11.4. The third-order valence-electron chi connectivity index (χ3n) is 2.99. The van der Waals surface area contributed by atoms with Gasteiger partial charge in [0, 0.05) is 18.0 Å². The average molecular weight is 239 g/mol. The number of piperidine rings is 1. The Balaban J connectivity index is 2.22. The molecule has 3 N–H and O–H groups in total. The van der Waals surface area contributed by atoms with Crippen molar-refractivity contribution in [2.24, 2.45) is 5.92 Å². The second-order valence-electron chi connectivity index (χ2n) is 4.11. The number of nitrogens with one attached hydrogen (secondary N) is 1. The van der Waals surface area contributed by atoms with Gasteiger partial charge in [-0.15, -0.1) is 0 Å². The molecule has 1 aromatic carbocycles. The summed E-state index contributed by atoms with van der Waals surface area (Å²) >= 11 is 5.90. The van der Waals surface area contributed by atoms with Crippen molar-refractivity contribution >= 4 is 23.1 Å². The number of Topliss-reactive ketones (excluding diaryl/α,β-unsaturated/α-hetero) is 1. The van der Waals surface area contributed by atoms with Crippen LogP contribution in [0.3, 0.4) is 0 Å². The maximum Gasteiger partial charge on any atom is 0.169 e. The van der Waals surface area contributed by atoms with Gasteiger partial charge in [0.05, 0.1) is 10.7 Å². The van der Waals surface area contributed by atoms with Crippen LogP contribution in [0.4, 0.5) is 5.69 Å². The van der Waals surface area contributed by atoms with Crippen LogP contribution in [0, 0.1) is 5.92 Å². The van der Waals surface area contributed by atoms with Crippen molar-refractivity contribution in [3.8, 4) is 0 Å². The van der Waals surface area contributed by atoms with E-state index in [9.17, 15) is 4.79 Å². The summed E-state index contributed by atoms with van der Waals surface area (Å²) in [6.45, 7) is 1.74. The molecule has 0 radical (unpaired) electrons. The predicted octanol–water partition coefficient (Wildman–Crippen LogP) is 2.10. The second kappa shape index (κ2) is 4.85. The van der Waals surface area contributed by atoms with Gasteiger partial charge in [0.15, 0.2) is 5.78 Å². The quantitative estimate of drug-likeness (QED) is 0.613. The monoisotopic (exact) mass is 238 g/mol. The van der Waals surface area contributed by atoms with E-state index in [2.05, 4.69) is 5.32 Å². The fraction of sp³-hybridized carbons (Fsp3) is 0.417. The van der Waals surface area contributed by atoms with E-state index in [4.69, 9.17) is 17.3 Å². The molecule has 1 aliphatic heterocycles. The summed E-state index contributed by atoms with van der Waals surface area (Å²) in [7, 11) is 0. The summed E-state index contributed by atoms with van der Waals surface area (Å²) in [6.07, 6.45) is 1.97. The average Bonchev–Trinajstić information content (AvgIpc) is 2.33. The van der Waals surface area contributed by atoms with Crippen molar-refractivity contribution < 1.29 is 4.79 Å². The molecule has 4 heteroatoms. The standard InChI is InChI=1S/C12H15ClN2O/c13-10-5-1-4-9(11(10)14)12(16)8-3-2-6-15-7-8/h1,4-5,8,15H,2-3,6-7,14H2. The number of halogens is 1. The molecule has 86 valence electrons. The summed E-state index contributed by atoms with van der Waals surface area (Å²) in [6, 6.07) is 5.22. The lowest BCUT2D eigenvalue weighted by molar-refractivity contribution is 0.0900. The molecule has 1 atom stereocenters. The van der Waals surface area contributed by atoms with Gasteiger partial charge in [-0.2, -0.15) is 0 Å². The fourth-order valence-corrected chi connectivity index (χ4v) is 2.22. The van der Waals surface area contributed by atoms with Crippen molar-refractivity contribution in [2.45, 2.75) is 12.8 Å². The lowest BCUT2D eigenvalue weighted by Crippen LogP contribution is -2.34. The molecule has 0 aromatic heterocycles. The molecule has 0 bridgehead atoms. The van der Waals surface area contributed by atoms with Gasteiger partial charge in [0.2, 0.25) is 0 Å². The SMILES string of the molecule is Nc1c(Cl)cccc1C(=O)C1CCCNC1. The Morgan fingerprint density at radius 3 is 3.00 bits per heavy atom. The van der Waals surface area contributed by atoms with Crippen molar-refractivity contribution in [3.05, 3.63) is 28.8 Å². The molecule has 1 aliphatic rings. The Morgan fingerprint density at radius 1 is 1.50 bits per heavy atom. The van der Waals surface area contributed by atoms with E-state index in [0.29, 0.717) is 16.3 Å². The summed E-state index contributed by atoms with van der Waals surface area (Å²) < 4.78 is 0. The molecule has 0 aliphatic carbocycles. The maximum absolute atomic E-state index is 12.2. The highest BCUT2D eigenvalue weighted by atomic mass is 35.5. The number of hydrogen-bond donors (Lipinski definition) is 2. The third kappa shape index (κ3) is 2.20. The Morgan fingerprint density at radius 2 is 2.31 bits per heavy atom. The summed E-state index contributed by atoms with van der Waals surface area (Å²) in [5.41, 5.74) is 6.78. The largest absolute Gasteiger partial charge is 0.397 e. The number of rotatable bonds is 2. The van der Waals surface area contributed by atoms with E-state index in [-0.39, 0.29) is 11.7 Å². The van der Waals surface area contributed by atoms with Crippen LogP contribution < -0.4 is 11.1 Å². The number of nitrogens with two attached hydrogens (primary N) is 1. The topological polar surface area (TPSA) is 55.1 Å². The van der Waals surface area contributed by atoms with Gasteiger partial charge in [0.1, 0.15) is 0 Å². The number of hydrogen-bond acceptors (Lipinski definition) is 3. The van der Waals surface area contributed by atoms with Gasteiger partial charge in [-0.05, 0) is 31.5 Å². The maximum atomic E-state index is 12.2. The first-order valence-electron chi connectivity index (χ1n) is 5.49. The van der Waals surface area contributed by atoms with Crippen LogP contribution >= 0.6 is 11.6 Å². The number of nitrogen functional groups attached to an aromatic ring is 1. The highest BCUT2D eigenvalue weighted by Gasteiger charge is 2.24. The molecule has 1 unspecified atom stereocenters. The van der Waals surface area contributed by atoms with Crippen molar-refractivity contribution in [1.82, 2.24) is 5.32 Å². The molecule has 0 amide bonds. The van der Waals surface area contributed by atoms with E-state index < -0.39 is 0 Å². The smallest absolute Gasteiger partial charge is 0.169 e. The molecule has 0 saturated carbocycles. The van der Waals surface area contributed by atoms with E-state index in [0.717, 1.165) is 25.9 Å². The Bertz CT molecular complexity index is 400. The van der Waals surface area contributed by atoms with Crippen LogP contribution in [0.2, 0.25) is 5.02 Å². The van der Waals surface area contributed by atoms with Crippen molar-refractivity contribution in [2.75, 3.05) is 18.8 Å². The van der Waals surface area contributed by atoms with Crippen LogP contribution in [0.15, 0.2) is 18.2 Å². The Hall–Kier alpha value is -1.06. The van der Waals surface area contributed by atoms with Gasteiger partial charge >= 0.3 is 0 Å². The minimum absolute atomic E-state index is 0.0366. The first-order valence-corrected chi connectivity index (χ1v) is 5.87. The van der Waals surface area contributed by atoms with Gasteiger partial charge < -0.3 is 11.1 Å². The molecule has 3 nitrogen and oxygen atoms in total. The number of para-hydroxylation sites is 1. The number of carbonyl (C=O) groups is 1. The van der Waals surface area contributed by atoms with Gasteiger partial charge in [-0.3, -0.25) is 4.79 Å². The van der Waals surface area contributed by atoms with Gasteiger partial charge in [-0.25, -0.2) is 0 Å². The minimum Gasteiger partial charge on any atom is -0.397 e. The predicted molar refractivity (Wildman–Crippen MR) is 65.8 cm³/mol. The normalized spacial score (nSPS) is 20.7. The molecule has 1 fully saturated rings. The Labute approximate surface area is 100.0 Å². The van der Waals surface area contributed by atoms with Gasteiger partial charge in [0.25, 0.3) is 0 Å². The summed E-state index contributed by atoms with van der Waals surface area (Å²) in [5, 5.41) is 3.68. The van der Waals surface area contributed by atoms with Crippen LogP contribution in [-0.2, 0) is 0 Å². The van der Waals surface area contributed by atoms with E-state index >= 15 is 0 Å². The minimum atomic E-state index is 0.0366. The lowest BCUT2D eigenvalue weighted by Gasteiger charge is -2.22. The number of benzene rings is 1. The molecular weight excluding hydrogens is 224 g/mol. The molecular formula is C12H15ClN2O. The molecule has 0 spiro atoms. The third-order valence-corrected chi connectivity index (χ3v) is 3.32. The molecule has 16 heavy (non-hydrogen) atoms. The van der Waals surface area contributed by atoms with Crippen LogP contribution in [0.1, 0.15) is 23.2 Å². The van der Waals surface area contributed by atoms with Gasteiger partial charge in [-0.1, -0.05) is 17.7 Å². The highest BCUT2D eigenvalue weighted by molar-refractivity contribution is 6.34. The number of carbonyl (C=O) groups excluding carboxylic acids is 1. The van der Waals surface area contributed by atoms with Crippen molar-refractivity contribution in [3.63, 3.8) is 0 Å². The first-order chi connectivity index (χ1) is 7.70. The van der Waals surface area contributed by atoms with E-state index in [1.807, 2.05) is 0 Å². The van der Waals surface area contributed by atoms with Crippen LogP contribution in [-0.4, -0.2) is 18.9 Å². The lowest BCUT2D eigenvalue weighted by atomic mass is 9.90. The number of anilines is 1. The molecule has 1 saturated heterocycles. The van der Waals surface area contributed by atoms with Crippen molar-refractivity contribution in [1.29, 1.82) is 0 Å². The molecule has 1 aromatic rings. The zero-order valence-corrected chi connectivity index (χ0v) is 9.76. The summed E-state index contributed by atoms with van der Waals surface area (Å²) in [5.74, 6) is 0.140. The number of ketones is 1. The zero-order chi connectivity index (χ0) is 11.5. The highest BCUT2D eigenvalue weighted by Crippen LogP contribution is 2.26. The van der Waals surface area contributed by atoms with Crippen LogP contribution in [0.5, 0.6) is 0 Å². The van der Waals surface area contributed by atoms with Crippen LogP contribution in [0.25, 0.3) is 0 Å². The fourth-order valence-electron chi connectivity index (χ4n) is 2.05. The molecule has 2 rings (SSSR count). The molecule has 1 heterocycles. The second-order valence-corrected chi connectivity index (χ2v) is 4.52. The van der Waals surface area contributed by atoms with E-state index in [1.165, 1.54) is 0 Å². The zero-order valence-electron chi connectivity index (χ0n) is 9.00.